The van der Waals surface area contributed by atoms with Crippen molar-refractivity contribution in [1.29, 1.82) is 0 Å². The van der Waals surface area contributed by atoms with E-state index in [1.54, 1.807) is 6.20 Å². The SMILES string of the molecule is Cc1[nH]ncc1C(O)C(N)CC1CC1. The van der Waals surface area contributed by atoms with E-state index in [0.29, 0.717) is 0 Å². The zero-order valence-corrected chi connectivity index (χ0v) is 8.40. The maximum atomic E-state index is 9.95. The molecule has 0 saturated heterocycles. The van der Waals surface area contributed by atoms with Gasteiger partial charge in [-0.2, -0.15) is 5.10 Å². The predicted octanol–water partition coefficient (Wildman–Crippen LogP) is 0.879. The normalized spacial score (nSPS) is 20.8. The minimum absolute atomic E-state index is 0.154. The summed E-state index contributed by atoms with van der Waals surface area (Å²) in [7, 11) is 0. The molecule has 1 aromatic rings. The molecule has 0 radical (unpaired) electrons. The van der Waals surface area contributed by atoms with Crippen LogP contribution in [0.15, 0.2) is 6.20 Å². The molecule has 1 aromatic heterocycles. The molecular weight excluding hydrogens is 178 g/mol. The summed E-state index contributed by atoms with van der Waals surface area (Å²) in [5.74, 6) is 0.742. The Kier molecular flexibility index (Phi) is 2.56. The second-order valence-corrected chi connectivity index (χ2v) is 4.24. The van der Waals surface area contributed by atoms with Crippen LogP contribution >= 0.6 is 0 Å². The topological polar surface area (TPSA) is 74.9 Å². The molecule has 2 rings (SSSR count). The highest BCUT2D eigenvalue weighted by molar-refractivity contribution is 5.19. The first-order valence-electron chi connectivity index (χ1n) is 5.12. The molecule has 0 aliphatic heterocycles. The molecule has 78 valence electrons. The van der Waals surface area contributed by atoms with Crippen LogP contribution in [0, 0.1) is 12.8 Å². The Morgan fingerprint density at radius 3 is 2.93 bits per heavy atom. The molecule has 1 heterocycles. The summed E-state index contributed by atoms with van der Waals surface area (Å²) in [5.41, 5.74) is 7.66. The Morgan fingerprint density at radius 2 is 2.43 bits per heavy atom. The molecule has 1 aliphatic carbocycles. The van der Waals surface area contributed by atoms with Gasteiger partial charge in [0.1, 0.15) is 0 Å². The van der Waals surface area contributed by atoms with Crippen LogP contribution in [0.2, 0.25) is 0 Å². The van der Waals surface area contributed by atoms with Crippen molar-refractivity contribution < 1.29 is 5.11 Å². The van der Waals surface area contributed by atoms with Gasteiger partial charge in [-0.15, -0.1) is 0 Å². The fraction of sp³-hybridized carbons (Fsp3) is 0.700. The van der Waals surface area contributed by atoms with Crippen LogP contribution in [0.1, 0.15) is 36.6 Å². The molecule has 4 heteroatoms. The molecule has 2 unspecified atom stereocenters. The Hall–Kier alpha value is -0.870. The van der Waals surface area contributed by atoms with Crippen LogP contribution < -0.4 is 5.73 Å². The molecule has 1 aliphatic rings. The maximum absolute atomic E-state index is 9.95. The summed E-state index contributed by atoms with van der Waals surface area (Å²) < 4.78 is 0. The van der Waals surface area contributed by atoms with Crippen molar-refractivity contribution in [2.24, 2.45) is 11.7 Å². The summed E-state index contributed by atoms with van der Waals surface area (Å²) in [6, 6.07) is -0.154. The van der Waals surface area contributed by atoms with E-state index < -0.39 is 6.10 Å². The molecular formula is C10H17N3O. The van der Waals surface area contributed by atoms with E-state index in [4.69, 9.17) is 5.73 Å². The van der Waals surface area contributed by atoms with Crippen molar-refractivity contribution in [3.8, 4) is 0 Å². The number of aromatic amines is 1. The van der Waals surface area contributed by atoms with E-state index >= 15 is 0 Å². The fourth-order valence-corrected chi connectivity index (χ4v) is 1.76. The maximum Gasteiger partial charge on any atom is 0.0973 e. The number of aliphatic hydroxyl groups is 1. The van der Waals surface area contributed by atoms with Gasteiger partial charge in [0.05, 0.1) is 12.3 Å². The quantitative estimate of drug-likeness (QED) is 0.667. The Balaban J connectivity index is 1.99. The first-order chi connectivity index (χ1) is 6.68. The second-order valence-electron chi connectivity index (χ2n) is 4.24. The van der Waals surface area contributed by atoms with Crippen molar-refractivity contribution in [3.05, 3.63) is 17.5 Å². The molecule has 2 atom stereocenters. The number of aryl methyl sites for hydroxylation is 1. The molecule has 4 nitrogen and oxygen atoms in total. The van der Waals surface area contributed by atoms with E-state index in [1.165, 1.54) is 12.8 Å². The van der Waals surface area contributed by atoms with Gasteiger partial charge in [0.25, 0.3) is 0 Å². The molecule has 0 bridgehead atoms. The van der Waals surface area contributed by atoms with Crippen molar-refractivity contribution in [1.82, 2.24) is 10.2 Å². The first-order valence-corrected chi connectivity index (χ1v) is 5.12. The molecule has 1 saturated carbocycles. The van der Waals surface area contributed by atoms with Gasteiger partial charge in [-0.1, -0.05) is 12.8 Å². The van der Waals surface area contributed by atoms with E-state index in [-0.39, 0.29) is 6.04 Å². The van der Waals surface area contributed by atoms with E-state index in [2.05, 4.69) is 10.2 Å². The van der Waals surface area contributed by atoms with Gasteiger partial charge in [0.2, 0.25) is 0 Å². The zero-order chi connectivity index (χ0) is 10.1. The summed E-state index contributed by atoms with van der Waals surface area (Å²) in [6.45, 7) is 1.90. The standard InChI is InChI=1S/C10H17N3O/c1-6-8(5-12-13-6)10(14)9(11)4-7-2-3-7/h5,7,9-10,14H,2-4,11H2,1H3,(H,12,13). The molecule has 0 aromatic carbocycles. The van der Waals surface area contributed by atoms with E-state index in [9.17, 15) is 5.11 Å². The van der Waals surface area contributed by atoms with Gasteiger partial charge in [-0.05, 0) is 19.3 Å². The molecule has 0 amide bonds. The number of aromatic nitrogens is 2. The number of hydrogen-bond donors (Lipinski definition) is 3. The van der Waals surface area contributed by atoms with Crippen molar-refractivity contribution >= 4 is 0 Å². The number of H-pyrrole nitrogens is 1. The summed E-state index contributed by atoms with van der Waals surface area (Å²) in [4.78, 5) is 0. The molecule has 1 fully saturated rings. The Bertz CT molecular complexity index is 306. The van der Waals surface area contributed by atoms with Crippen LogP contribution in [0.4, 0.5) is 0 Å². The molecule has 14 heavy (non-hydrogen) atoms. The highest BCUT2D eigenvalue weighted by Crippen LogP contribution is 2.35. The lowest BCUT2D eigenvalue weighted by Crippen LogP contribution is -2.29. The molecule has 4 N–H and O–H groups in total. The third-order valence-corrected chi connectivity index (χ3v) is 2.90. The smallest absolute Gasteiger partial charge is 0.0973 e. The number of hydrogen-bond acceptors (Lipinski definition) is 3. The Morgan fingerprint density at radius 1 is 1.71 bits per heavy atom. The van der Waals surface area contributed by atoms with Gasteiger partial charge in [-0.3, -0.25) is 5.10 Å². The lowest BCUT2D eigenvalue weighted by Gasteiger charge is -2.17. The van der Waals surface area contributed by atoms with Crippen LogP contribution in [0.3, 0.4) is 0 Å². The average Bonchev–Trinajstić information content (AvgIpc) is 2.86. The second kappa shape index (κ2) is 3.71. The van der Waals surface area contributed by atoms with Gasteiger partial charge in [0.15, 0.2) is 0 Å². The average molecular weight is 195 g/mol. The largest absolute Gasteiger partial charge is 0.387 e. The number of rotatable bonds is 4. The van der Waals surface area contributed by atoms with Crippen LogP contribution in [-0.4, -0.2) is 21.3 Å². The minimum Gasteiger partial charge on any atom is -0.387 e. The third-order valence-electron chi connectivity index (χ3n) is 2.90. The van der Waals surface area contributed by atoms with E-state index in [1.807, 2.05) is 6.92 Å². The highest BCUT2D eigenvalue weighted by atomic mass is 16.3. The van der Waals surface area contributed by atoms with Crippen molar-refractivity contribution in [2.75, 3.05) is 0 Å². The molecule has 0 spiro atoms. The van der Waals surface area contributed by atoms with Crippen molar-refractivity contribution in [2.45, 2.75) is 38.3 Å². The summed E-state index contributed by atoms with van der Waals surface area (Å²) in [5, 5.41) is 16.6. The Labute approximate surface area is 83.5 Å². The fourth-order valence-electron chi connectivity index (χ4n) is 1.76. The highest BCUT2D eigenvalue weighted by Gasteiger charge is 2.28. The van der Waals surface area contributed by atoms with Crippen LogP contribution in [0.25, 0.3) is 0 Å². The monoisotopic (exact) mass is 195 g/mol. The van der Waals surface area contributed by atoms with E-state index in [0.717, 1.165) is 23.6 Å². The van der Waals surface area contributed by atoms with Gasteiger partial charge >= 0.3 is 0 Å². The summed E-state index contributed by atoms with van der Waals surface area (Å²) in [6.07, 6.45) is 4.54. The summed E-state index contributed by atoms with van der Waals surface area (Å²) >= 11 is 0. The third kappa shape index (κ3) is 1.96. The lowest BCUT2D eigenvalue weighted by molar-refractivity contribution is 0.139. The first kappa shape index (κ1) is 9.68. The zero-order valence-electron chi connectivity index (χ0n) is 8.40. The number of nitrogens with one attached hydrogen (secondary N) is 1. The van der Waals surface area contributed by atoms with Gasteiger partial charge < -0.3 is 10.8 Å². The predicted molar refractivity (Wildman–Crippen MR) is 53.6 cm³/mol. The number of aliphatic hydroxyl groups excluding tert-OH is 1. The lowest BCUT2D eigenvalue weighted by atomic mass is 9.99. The van der Waals surface area contributed by atoms with Gasteiger partial charge in [-0.25, -0.2) is 0 Å². The van der Waals surface area contributed by atoms with Crippen molar-refractivity contribution in [3.63, 3.8) is 0 Å². The number of nitrogens with zero attached hydrogens (tertiary/aromatic N) is 1. The minimum atomic E-state index is -0.575. The van der Waals surface area contributed by atoms with Gasteiger partial charge in [0, 0.05) is 17.3 Å². The van der Waals surface area contributed by atoms with Crippen LogP contribution in [-0.2, 0) is 0 Å². The number of nitrogens with two attached hydrogens (primary N) is 1. The van der Waals surface area contributed by atoms with Crippen LogP contribution in [0.5, 0.6) is 0 Å².